The number of halogens is 2. The van der Waals surface area contributed by atoms with Gasteiger partial charge in [-0.25, -0.2) is 8.42 Å². The van der Waals surface area contributed by atoms with E-state index in [9.17, 15) is 13.2 Å². The first-order chi connectivity index (χ1) is 16.3. The summed E-state index contributed by atoms with van der Waals surface area (Å²) in [6, 6.07) is 10.9. The highest BCUT2D eigenvalue weighted by Gasteiger charge is 2.30. The second-order valence-electron chi connectivity index (χ2n) is 8.74. The Labute approximate surface area is 217 Å². The van der Waals surface area contributed by atoms with Crippen molar-refractivity contribution in [2.45, 2.75) is 38.2 Å². The van der Waals surface area contributed by atoms with Crippen LogP contribution in [0, 0.1) is 6.92 Å². The number of aromatic nitrogens is 3. The number of ether oxygens (including phenoxy) is 1. The molecule has 35 heavy (non-hydrogen) atoms. The maximum Gasteiger partial charge on any atom is 0.327 e. The minimum absolute atomic E-state index is 0.138. The Balaban J connectivity index is 1.80. The lowest BCUT2D eigenvalue weighted by atomic mass is 10.2. The number of aryl methyl sites for hydroxylation is 1. The van der Waals surface area contributed by atoms with Crippen LogP contribution in [0.15, 0.2) is 53.6 Å². The van der Waals surface area contributed by atoms with Crippen molar-refractivity contribution < 1.29 is 17.9 Å². The van der Waals surface area contributed by atoms with E-state index in [1.807, 2.05) is 23.8 Å². The van der Waals surface area contributed by atoms with Crippen molar-refractivity contribution in [1.82, 2.24) is 14.8 Å². The minimum atomic E-state index is -4.22. The van der Waals surface area contributed by atoms with Gasteiger partial charge in [-0.05, 0) is 70.2 Å². The van der Waals surface area contributed by atoms with Crippen LogP contribution in [0.25, 0.3) is 16.0 Å². The van der Waals surface area contributed by atoms with Crippen molar-refractivity contribution >= 4 is 67.1 Å². The molecule has 0 aliphatic carbocycles. The molecule has 12 heteroatoms. The van der Waals surface area contributed by atoms with E-state index in [1.165, 1.54) is 29.5 Å². The Morgan fingerprint density at radius 1 is 1.09 bits per heavy atom. The number of rotatable bonds is 6. The summed E-state index contributed by atoms with van der Waals surface area (Å²) < 4.78 is 35.6. The van der Waals surface area contributed by atoms with Crippen molar-refractivity contribution in [2.24, 2.45) is 0 Å². The number of nitrogens with zero attached hydrogens (tertiary/aromatic N) is 4. The number of benzene rings is 2. The quantitative estimate of drug-likeness (QED) is 0.287. The number of carbonyl (C=O) groups is 1. The zero-order valence-electron chi connectivity index (χ0n) is 19.3. The summed E-state index contributed by atoms with van der Waals surface area (Å²) in [7, 11) is -4.22. The van der Waals surface area contributed by atoms with Crippen LogP contribution < -0.4 is 4.31 Å². The summed E-state index contributed by atoms with van der Waals surface area (Å²) >= 11 is 13.6. The highest BCUT2D eigenvalue weighted by Crippen LogP contribution is 2.32. The third kappa shape index (κ3) is 5.61. The number of carbonyl (C=O) groups excluding carboxylic acids is 1. The van der Waals surface area contributed by atoms with Gasteiger partial charge in [0.05, 0.1) is 16.1 Å². The highest BCUT2D eigenvalue weighted by molar-refractivity contribution is 7.92. The average Bonchev–Trinajstić information content (AvgIpc) is 3.35. The van der Waals surface area contributed by atoms with Gasteiger partial charge in [0.25, 0.3) is 10.0 Å². The maximum atomic E-state index is 13.7. The van der Waals surface area contributed by atoms with E-state index in [4.69, 9.17) is 27.9 Å². The zero-order chi connectivity index (χ0) is 25.5. The standard InChI is InChI=1S/C23H22Cl2N4O4S2/c1-14-26-27-22(34-14)28-8-7-15-9-18(5-6-20(15)28)29(13-21(30)33-23(2,3)4)35(31,32)19-11-16(24)10-17(25)12-19/h5-12H,13H2,1-4H3. The summed E-state index contributed by atoms with van der Waals surface area (Å²) in [5, 5.41) is 10.8. The van der Waals surface area contributed by atoms with Gasteiger partial charge in [0, 0.05) is 21.6 Å². The molecule has 0 spiro atoms. The summed E-state index contributed by atoms with van der Waals surface area (Å²) in [5.74, 6) is -0.698. The van der Waals surface area contributed by atoms with E-state index in [0.717, 1.165) is 20.2 Å². The molecule has 0 saturated carbocycles. The molecule has 2 aromatic heterocycles. The molecule has 0 radical (unpaired) electrons. The molecule has 0 aliphatic heterocycles. The normalized spacial score (nSPS) is 12.2. The van der Waals surface area contributed by atoms with E-state index in [2.05, 4.69) is 10.2 Å². The van der Waals surface area contributed by atoms with Crippen LogP contribution in [-0.4, -0.2) is 41.3 Å². The lowest BCUT2D eigenvalue weighted by Gasteiger charge is -2.26. The molecule has 4 rings (SSSR count). The van der Waals surface area contributed by atoms with Crippen LogP contribution in [0.3, 0.4) is 0 Å². The molecular weight excluding hydrogens is 531 g/mol. The molecule has 4 aromatic rings. The van der Waals surface area contributed by atoms with E-state index in [1.54, 1.807) is 39.0 Å². The van der Waals surface area contributed by atoms with Gasteiger partial charge in [0.1, 0.15) is 17.2 Å². The van der Waals surface area contributed by atoms with Gasteiger partial charge in [0.2, 0.25) is 5.13 Å². The van der Waals surface area contributed by atoms with Crippen LogP contribution in [0.2, 0.25) is 10.0 Å². The van der Waals surface area contributed by atoms with Gasteiger partial charge < -0.3 is 4.74 Å². The van der Waals surface area contributed by atoms with Crippen molar-refractivity contribution in [3.8, 4) is 5.13 Å². The third-order valence-corrected chi connectivity index (χ3v) is 7.83. The molecule has 0 unspecified atom stereocenters. The maximum absolute atomic E-state index is 13.7. The number of hydrogen-bond donors (Lipinski definition) is 0. The molecule has 0 amide bonds. The molecule has 2 heterocycles. The molecule has 0 fully saturated rings. The Kier molecular flexibility index (Phi) is 6.85. The Morgan fingerprint density at radius 3 is 2.37 bits per heavy atom. The van der Waals surface area contributed by atoms with Gasteiger partial charge in [-0.2, -0.15) is 0 Å². The Bertz CT molecular complexity index is 1500. The Hall–Kier alpha value is -2.66. The van der Waals surface area contributed by atoms with Crippen LogP contribution in [-0.2, 0) is 19.6 Å². The van der Waals surface area contributed by atoms with Crippen molar-refractivity contribution in [2.75, 3.05) is 10.8 Å². The third-order valence-electron chi connectivity index (χ3n) is 4.80. The lowest BCUT2D eigenvalue weighted by molar-refractivity contribution is -0.152. The second-order valence-corrected chi connectivity index (χ2v) is 12.6. The van der Waals surface area contributed by atoms with E-state index >= 15 is 0 Å². The largest absolute Gasteiger partial charge is 0.459 e. The summed E-state index contributed by atoms with van der Waals surface area (Å²) in [6.07, 6.45) is 1.83. The van der Waals surface area contributed by atoms with Crippen molar-refractivity contribution in [3.63, 3.8) is 0 Å². The topological polar surface area (TPSA) is 94.4 Å². The molecule has 0 saturated heterocycles. The molecule has 0 bridgehead atoms. The molecule has 2 aromatic carbocycles. The molecule has 0 aliphatic rings. The minimum Gasteiger partial charge on any atom is -0.459 e. The van der Waals surface area contributed by atoms with Crippen molar-refractivity contribution in [1.29, 1.82) is 0 Å². The van der Waals surface area contributed by atoms with Gasteiger partial charge >= 0.3 is 5.97 Å². The van der Waals surface area contributed by atoms with Gasteiger partial charge in [0.15, 0.2) is 0 Å². The first-order valence-electron chi connectivity index (χ1n) is 10.5. The van der Waals surface area contributed by atoms with Crippen LogP contribution in [0.4, 0.5) is 5.69 Å². The molecule has 0 N–H and O–H groups in total. The van der Waals surface area contributed by atoms with Gasteiger partial charge in [-0.3, -0.25) is 13.7 Å². The average molecular weight is 553 g/mol. The summed E-state index contributed by atoms with van der Waals surface area (Å²) in [4.78, 5) is 12.6. The first-order valence-corrected chi connectivity index (χ1v) is 13.5. The molecular formula is C23H22Cl2N4O4S2. The predicted molar refractivity (Wildman–Crippen MR) is 138 cm³/mol. The van der Waals surface area contributed by atoms with Gasteiger partial charge in [-0.1, -0.05) is 34.5 Å². The summed E-state index contributed by atoms with van der Waals surface area (Å²) in [6.45, 7) is 6.47. The fourth-order valence-corrected chi connectivity index (χ4v) is 6.26. The highest BCUT2D eigenvalue weighted by atomic mass is 35.5. The van der Waals surface area contributed by atoms with E-state index in [0.29, 0.717) is 5.13 Å². The lowest BCUT2D eigenvalue weighted by Crippen LogP contribution is -2.39. The number of hydrogen-bond acceptors (Lipinski definition) is 7. The fourth-order valence-electron chi connectivity index (χ4n) is 3.45. The van der Waals surface area contributed by atoms with Crippen molar-refractivity contribution in [3.05, 3.63) is 63.7 Å². The number of sulfonamides is 1. The number of fused-ring (bicyclic) bond motifs is 1. The van der Waals surface area contributed by atoms with Crippen LogP contribution in [0.5, 0.6) is 0 Å². The van der Waals surface area contributed by atoms with E-state index in [-0.39, 0.29) is 20.6 Å². The fraction of sp³-hybridized carbons (Fsp3) is 0.261. The SMILES string of the molecule is Cc1nnc(-n2ccc3cc(N(CC(=O)OC(C)(C)C)S(=O)(=O)c4cc(Cl)cc(Cl)c4)ccc32)s1. The monoisotopic (exact) mass is 552 g/mol. The summed E-state index contributed by atoms with van der Waals surface area (Å²) in [5.41, 5.74) is 0.309. The smallest absolute Gasteiger partial charge is 0.327 e. The molecule has 8 nitrogen and oxygen atoms in total. The van der Waals surface area contributed by atoms with Crippen LogP contribution in [0.1, 0.15) is 25.8 Å². The molecule has 184 valence electrons. The second kappa shape index (κ2) is 9.42. The van der Waals surface area contributed by atoms with E-state index < -0.39 is 28.1 Å². The Morgan fingerprint density at radius 2 is 1.77 bits per heavy atom. The number of anilines is 1. The first kappa shape index (κ1) is 25.4. The zero-order valence-corrected chi connectivity index (χ0v) is 22.5. The molecule has 0 atom stereocenters. The predicted octanol–water partition coefficient (Wildman–Crippen LogP) is 5.63. The number of esters is 1. The van der Waals surface area contributed by atoms with Gasteiger partial charge in [-0.15, -0.1) is 10.2 Å². The van der Waals surface area contributed by atoms with Crippen LogP contribution >= 0.6 is 34.5 Å².